The lowest BCUT2D eigenvalue weighted by Gasteiger charge is -2.22. The van der Waals surface area contributed by atoms with Gasteiger partial charge in [0.25, 0.3) is 0 Å². The molecule has 4 nitrogen and oxygen atoms in total. The quantitative estimate of drug-likeness (QED) is 0.777. The average molecular weight is 307 g/mol. The van der Waals surface area contributed by atoms with Gasteiger partial charge >= 0.3 is 0 Å². The van der Waals surface area contributed by atoms with Gasteiger partial charge in [-0.3, -0.25) is 0 Å². The van der Waals surface area contributed by atoms with Gasteiger partial charge in [0.15, 0.2) is 9.84 Å². The van der Waals surface area contributed by atoms with Gasteiger partial charge in [0.1, 0.15) is 10.7 Å². The highest BCUT2D eigenvalue weighted by Gasteiger charge is 2.17. The Hall–Kier alpha value is -0.620. The molecule has 1 rings (SSSR count). The molecule has 0 aliphatic carbocycles. The summed E-state index contributed by atoms with van der Waals surface area (Å²) < 4.78 is 23.2. The van der Waals surface area contributed by atoms with Crippen LogP contribution in [0.1, 0.15) is 6.92 Å². The lowest BCUT2D eigenvalue weighted by atomic mass is 10.4. The van der Waals surface area contributed by atoms with E-state index in [1.54, 1.807) is 18.3 Å². The van der Waals surface area contributed by atoms with Crippen LogP contribution in [0.15, 0.2) is 23.2 Å². The van der Waals surface area contributed by atoms with Crippen LogP contribution in [0.25, 0.3) is 0 Å². The normalized spacial score (nSPS) is 11.4. The first kappa shape index (κ1) is 13.4. The Morgan fingerprint density at radius 3 is 2.69 bits per heavy atom. The molecule has 0 unspecified atom stereocenters. The van der Waals surface area contributed by atoms with E-state index in [4.69, 9.17) is 0 Å². The highest BCUT2D eigenvalue weighted by Crippen LogP contribution is 2.21. The van der Waals surface area contributed by atoms with Crippen molar-refractivity contribution in [3.05, 3.63) is 18.3 Å². The van der Waals surface area contributed by atoms with E-state index >= 15 is 0 Å². The highest BCUT2D eigenvalue weighted by atomic mass is 79.9. The molecule has 0 aromatic carbocycles. The first-order valence-corrected chi connectivity index (χ1v) is 7.98. The van der Waals surface area contributed by atoms with Crippen LogP contribution in [0.4, 0.5) is 5.82 Å². The van der Waals surface area contributed by atoms with Crippen LogP contribution < -0.4 is 4.90 Å². The number of aromatic nitrogens is 1. The number of alkyl halides is 1. The number of rotatable bonds is 5. The van der Waals surface area contributed by atoms with Crippen molar-refractivity contribution in [3.63, 3.8) is 0 Å². The smallest absolute Gasteiger partial charge is 0.179 e. The summed E-state index contributed by atoms with van der Waals surface area (Å²) in [6, 6.07) is 3.23. The Bertz CT molecular complexity index is 448. The van der Waals surface area contributed by atoms with Crippen LogP contribution in [0.5, 0.6) is 0 Å². The molecule has 0 spiro atoms. The summed E-state index contributed by atoms with van der Waals surface area (Å²) in [5.41, 5.74) is 0. The van der Waals surface area contributed by atoms with Crippen LogP contribution in [0, 0.1) is 0 Å². The van der Waals surface area contributed by atoms with E-state index in [1.165, 1.54) is 6.26 Å². The molecule has 16 heavy (non-hydrogen) atoms. The molecular formula is C10H15BrN2O2S. The zero-order valence-corrected chi connectivity index (χ0v) is 11.8. The van der Waals surface area contributed by atoms with Crippen molar-refractivity contribution in [3.8, 4) is 0 Å². The summed E-state index contributed by atoms with van der Waals surface area (Å²) in [6.45, 7) is 3.44. The van der Waals surface area contributed by atoms with Gasteiger partial charge in [-0.25, -0.2) is 13.4 Å². The predicted molar refractivity (Wildman–Crippen MR) is 69.0 cm³/mol. The monoisotopic (exact) mass is 306 g/mol. The number of pyridine rings is 1. The van der Waals surface area contributed by atoms with E-state index in [1.807, 2.05) is 11.8 Å². The average Bonchev–Trinajstić information content (AvgIpc) is 2.25. The number of halogens is 1. The van der Waals surface area contributed by atoms with Gasteiger partial charge in [0.05, 0.1) is 0 Å². The Morgan fingerprint density at radius 2 is 2.19 bits per heavy atom. The van der Waals surface area contributed by atoms with Crippen molar-refractivity contribution in [1.29, 1.82) is 0 Å². The number of anilines is 1. The number of hydrogen-bond acceptors (Lipinski definition) is 4. The zero-order valence-electron chi connectivity index (χ0n) is 9.35. The maximum atomic E-state index is 11.6. The molecular weight excluding hydrogens is 292 g/mol. The molecule has 1 aromatic heterocycles. The summed E-state index contributed by atoms with van der Waals surface area (Å²) in [5, 5.41) is 0.778. The molecule has 0 aliphatic rings. The fourth-order valence-electron chi connectivity index (χ4n) is 1.42. The van der Waals surface area contributed by atoms with Crippen molar-refractivity contribution in [1.82, 2.24) is 4.98 Å². The van der Waals surface area contributed by atoms with Crippen LogP contribution in [0.3, 0.4) is 0 Å². The summed E-state index contributed by atoms with van der Waals surface area (Å²) in [7, 11) is -3.23. The topological polar surface area (TPSA) is 50.3 Å². The fraction of sp³-hybridized carbons (Fsp3) is 0.500. The number of sulfone groups is 1. The zero-order chi connectivity index (χ0) is 12.2. The van der Waals surface area contributed by atoms with Gasteiger partial charge in [0, 0.05) is 30.9 Å². The van der Waals surface area contributed by atoms with Gasteiger partial charge in [-0.2, -0.15) is 0 Å². The van der Waals surface area contributed by atoms with E-state index in [2.05, 4.69) is 20.9 Å². The number of nitrogens with zero attached hydrogens (tertiary/aromatic N) is 2. The van der Waals surface area contributed by atoms with Crippen LogP contribution >= 0.6 is 15.9 Å². The van der Waals surface area contributed by atoms with E-state index in [0.717, 1.165) is 18.4 Å². The molecule has 0 saturated heterocycles. The lowest BCUT2D eigenvalue weighted by molar-refractivity contribution is 0.601. The summed E-state index contributed by atoms with van der Waals surface area (Å²) in [5.74, 6) is 0.534. The molecule has 0 bridgehead atoms. The maximum absolute atomic E-state index is 11.6. The molecule has 0 aliphatic heterocycles. The highest BCUT2D eigenvalue weighted by molar-refractivity contribution is 9.09. The largest absolute Gasteiger partial charge is 0.355 e. The van der Waals surface area contributed by atoms with E-state index in [9.17, 15) is 8.42 Å². The Labute approximate surface area is 105 Å². The van der Waals surface area contributed by atoms with Crippen molar-refractivity contribution in [2.75, 3.05) is 29.6 Å². The summed E-state index contributed by atoms with van der Waals surface area (Å²) in [6.07, 6.45) is 2.82. The predicted octanol–water partition coefficient (Wildman–Crippen LogP) is 1.71. The molecule has 1 aromatic rings. The molecule has 1 heterocycles. The minimum Gasteiger partial charge on any atom is -0.355 e. The minimum atomic E-state index is -3.23. The van der Waals surface area contributed by atoms with Gasteiger partial charge in [-0.1, -0.05) is 15.9 Å². The van der Waals surface area contributed by atoms with Crippen molar-refractivity contribution < 1.29 is 8.42 Å². The van der Waals surface area contributed by atoms with Gasteiger partial charge in [-0.15, -0.1) is 0 Å². The maximum Gasteiger partial charge on any atom is 0.179 e. The van der Waals surface area contributed by atoms with E-state index in [0.29, 0.717) is 5.82 Å². The third kappa shape index (κ3) is 3.18. The lowest BCUT2D eigenvalue weighted by Crippen LogP contribution is -2.27. The second-order valence-corrected chi connectivity index (χ2v) is 6.14. The van der Waals surface area contributed by atoms with Crippen LogP contribution in [0.2, 0.25) is 0 Å². The van der Waals surface area contributed by atoms with E-state index < -0.39 is 9.84 Å². The van der Waals surface area contributed by atoms with Crippen molar-refractivity contribution >= 4 is 31.6 Å². The SMILES string of the molecule is CCN(CCBr)c1ncccc1S(C)(=O)=O. The molecule has 0 amide bonds. The van der Waals surface area contributed by atoms with Crippen LogP contribution in [-0.4, -0.2) is 38.1 Å². The van der Waals surface area contributed by atoms with Gasteiger partial charge in [0.2, 0.25) is 0 Å². The molecule has 0 fully saturated rings. The molecule has 90 valence electrons. The van der Waals surface area contributed by atoms with Crippen molar-refractivity contribution in [2.45, 2.75) is 11.8 Å². The fourth-order valence-corrected chi connectivity index (χ4v) is 2.69. The first-order chi connectivity index (χ1) is 7.50. The summed E-state index contributed by atoms with van der Waals surface area (Å²) in [4.78, 5) is 6.39. The third-order valence-electron chi connectivity index (χ3n) is 2.19. The molecule has 0 N–H and O–H groups in total. The molecule has 6 heteroatoms. The van der Waals surface area contributed by atoms with Crippen LogP contribution in [-0.2, 0) is 9.84 Å². The molecule has 0 radical (unpaired) electrons. The molecule has 0 atom stereocenters. The number of hydrogen-bond donors (Lipinski definition) is 0. The second kappa shape index (κ2) is 5.63. The van der Waals surface area contributed by atoms with Crippen molar-refractivity contribution in [2.24, 2.45) is 0 Å². The second-order valence-electron chi connectivity index (χ2n) is 3.37. The summed E-state index contributed by atoms with van der Waals surface area (Å²) >= 11 is 3.34. The Morgan fingerprint density at radius 1 is 1.50 bits per heavy atom. The Kier molecular flexibility index (Phi) is 4.73. The third-order valence-corrected chi connectivity index (χ3v) is 3.66. The standard InChI is InChI=1S/C10H15BrN2O2S/c1-3-13(8-6-11)10-9(16(2,14)15)5-4-7-12-10/h4-5,7H,3,6,8H2,1-2H3. The van der Waals surface area contributed by atoms with Gasteiger partial charge in [-0.05, 0) is 19.1 Å². The van der Waals surface area contributed by atoms with E-state index in [-0.39, 0.29) is 4.90 Å². The first-order valence-electron chi connectivity index (χ1n) is 4.96. The Balaban J connectivity index is 3.22. The van der Waals surface area contributed by atoms with Gasteiger partial charge < -0.3 is 4.90 Å². The minimum absolute atomic E-state index is 0.290. The molecule has 0 saturated carbocycles.